The average molecular weight is 703 g/mol. The molecule has 0 aliphatic heterocycles. The number of benzene rings is 4. The Morgan fingerprint density at radius 1 is 0.723 bits per heavy atom. The van der Waals surface area contributed by atoms with E-state index < -0.39 is 25.7 Å². The minimum Gasteiger partial charge on any atom is -0.469 e. The Labute approximate surface area is 283 Å². The lowest BCUT2D eigenvalue weighted by Crippen LogP contribution is -2.08. The van der Waals surface area contributed by atoms with Gasteiger partial charge in [-0.3, -0.25) is 14.2 Å². The van der Waals surface area contributed by atoms with Crippen molar-refractivity contribution >= 4 is 55.1 Å². The molecule has 4 aromatic carbocycles. The van der Waals surface area contributed by atoms with Crippen LogP contribution in [0.3, 0.4) is 0 Å². The fourth-order valence-electron chi connectivity index (χ4n) is 3.25. The number of halogens is 2. The van der Waals surface area contributed by atoms with Gasteiger partial charge in [-0.1, -0.05) is 53.5 Å². The summed E-state index contributed by atoms with van der Waals surface area (Å²) in [7, 11) is 3.28. The fourth-order valence-corrected chi connectivity index (χ4v) is 4.28. The van der Waals surface area contributed by atoms with Crippen molar-refractivity contribution in [3.63, 3.8) is 0 Å². The van der Waals surface area contributed by atoms with Gasteiger partial charge in [0.1, 0.15) is 23.0 Å². The summed E-state index contributed by atoms with van der Waals surface area (Å²) < 4.78 is 39.9. The van der Waals surface area contributed by atoms with Gasteiger partial charge in [-0.05, 0) is 72.8 Å². The zero-order valence-corrected chi connectivity index (χ0v) is 28.1. The molecule has 0 saturated carbocycles. The van der Waals surface area contributed by atoms with Crippen molar-refractivity contribution < 1.29 is 46.9 Å². The summed E-state index contributed by atoms with van der Waals surface area (Å²) in [5.41, 5.74) is 1.31. The minimum atomic E-state index is -3.34. The van der Waals surface area contributed by atoms with E-state index in [1.807, 2.05) is 30.3 Å². The molecule has 0 bridgehead atoms. The van der Waals surface area contributed by atoms with Crippen LogP contribution in [0.25, 0.3) is 6.08 Å². The van der Waals surface area contributed by atoms with E-state index in [9.17, 15) is 18.9 Å². The molecule has 1 unspecified atom stereocenters. The number of methoxy groups -OCH3 is 2. The van der Waals surface area contributed by atoms with E-state index in [-0.39, 0.29) is 0 Å². The molecular formula is C34H32Cl2O10P+. The van der Waals surface area contributed by atoms with Gasteiger partial charge >= 0.3 is 19.5 Å². The third kappa shape index (κ3) is 14.2. The molecule has 47 heavy (non-hydrogen) atoms. The Kier molecular flexibility index (Phi) is 16.9. The van der Waals surface area contributed by atoms with Gasteiger partial charge in [-0.25, -0.2) is 4.79 Å². The molecule has 0 N–H and O–H groups in total. The fraction of sp³-hybridized carbons (Fsp3) is 0.118. The molecule has 1 atom stereocenters. The molecule has 4 aromatic rings. The molecule has 0 amide bonds. The molecule has 0 saturated heterocycles. The highest BCUT2D eigenvalue weighted by Gasteiger charge is 2.29. The zero-order valence-electron chi connectivity index (χ0n) is 25.7. The summed E-state index contributed by atoms with van der Waals surface area (Å²) in [5.74, 6) is 1.45. The molecule has 0 fully saturated rings. The van der Waals surface area contributed by atoms with Crippen LogP contribution in [0.5, 0.6) is 23.0 Å². The third-order valence-electron chi connectivity index (χ3n) is 5.67. The summed E-state index contributed by atoms with van der Waals surface area (Å²) in [4.78, 5) is 32.5. The van der Waals surface area contributed by atoms with E-state index >= 15 is 0 Å². The number of aldehydes is 1. The molecule has 0 spiro atoms. The lowest BCUT2D eigenvalue weighted by Gasteiger charge is -2.08. The number of ether oxygens (including phenoxy) is 4. The Bertz CT molecular complexity index is 1650. The van der Waals surface area contributed by atoms with Gasteiger partial charge in [0, 0.05) is 28.8 Å². The first kappa shape index (κ1) is 38.6. The predicted octanol–water partition coefficient (Wildman–Crippen LogP) is 9.07. The van der Waals surface area contributed by atoms with Crippen LogP contribution in [-0.4, -0.2) is 45.7 Å². The van der Waals surface area contributed by atoms with Crippen LogP contribution in [0, 0.1) is 7.11 Å². The predicted molar refractivity (Wildman–Crippen MR) is 180 cm³/mol. The number of hydrogen-bond acceptors (Lipinski definition) is 10. The summed E-state index contributed by atoms with van der Waals surface area (Å²) >= 11 is 11.6. The van der Waals surface area contributed by atoms with Crippen LogP contribution in [0.15, 0.2) is 103 Å². The molecule has 4 rings (SSSR count). The lowest BCUT2D eigenvalue weighted by molar-refractivity contribution is -0.138. The van der Waals surface area contributed by atoms with Crippen LogP contribution in [-0.2, 0) is 32.7 Å². The van der Waals surface area contributed by atoms with Crippen LogP contribution in [0.2, 0.25) is 10.0 Å². The molecule has 10 nitrogen and oxygen atoms in total. The van der Waals surface area contributed by atoms with Gasteiger partial charge in [0.15, 0.2) is 12.4 Å². The van der Waals surface area contributed by atoms with Crippen LogP contribution in [0.4, 0.5) is 0 Å². The average Bonchev–Trinajstić information content (AvgIpc) is 3.10. The Balaban J connectivity index is 0.000000257. The van der Waals surface area contributed by atoms with Crippen LogP contribution in [0.1, 0.15) is 15.9 Å². The van der Waals surface area contributed by atoms with E-state index in [0.717, 1.165) is 11.8 Å². The molecule has 0 radical (unpaired) electrons. The van der Waals surface area contributed by atoms with Crippen molar-refractivity contribution in [2.45, 2.75) is 0 Å². The molecular weight excluding hydrogens is 670 g/mol. The monoisotopic (exact) mass is 701 g/mol. The summed E-state index contributed by atoms with van der Waals surface area (Å²) in [6.07, 6.45) is 3.36. The normalized spacial score (nSPS) is 11.4. The number of rotatable bonds is 11. The standard InChI is InChI=1S/C16H13ClO3.C13H9ClO2.C5H10O5P/c1-19-16(18)11-6-12-4-2-3-5-15(12)20-14-9-7-13(17)8-10-14;14-11-5-7-12(8-6-11)16-13-4-2-1-3-10(13)9-15;1-8-5(6)4-11(7,9-2)10-3/h2-11H,1H3;1-9H;2,4H2,1,3H3/q;;+1/b11-6+;;. The topological polar surface area (TPSA) is 124 Å². The maximum absolute atomic E-state index is 11.1. The lowest BCUT2D eigenvalue weighted by atomic mass is 10.2. The SMILES string of the molecule is COC(=O)/C=C/c1ccccc1Oc1ccc(Cl)cc1.O=Cc1ccccc1Oc1ccc(Cl)cc1.[CH2+]OP(=O)(CC(=O)OC)OC. The van der Waals surface area contributed by atoms with E-state index in [1.54, 1.807) is 72.8 Å². The number of carbonyl (C=O) groups is 3. The summed E-state index contributed by atoms with van der Waals surface area (Å²) in [6, 6.07) is 28.5. The Morgan fingerprint density at radius 3 is 1.62 bits per heavy atom. The van der Waals surface area contributed by atoms with Crippen molar-refractivity contribution in [3.8, 4) is 23.0 Å². The molecule has 0 aromatic heterocycles. The second-order valence-corrected chi connectivity index (χ2v) is 11.9. The second kappa shape index (κ2) is 20.5. The quantitative estimate of drug-likeness (QED) is 0.0492. The van der Waals surface area contributed by atoms with Crippen LogP contribution >= 0.6 is 30.8 Å². The van der Waals surface area contributed by atoms with Gasteiger partial charge in [0.05, 0.1) is 19.8 Å². The number of para-hydroxylation sites is 2. The van der Waals surface area contributed by atoms with Gasteiger partial charge < -0.3 is 23.5 Å². The first-order chi connectivity index (χ1) is 22.6. The third-order valence-corrected chi connectivity index (χ3v) is 7.77. The van der Waals surface area contributed by atoms with Gasteiger partial charge in [-0.15, -0.1) is 4.52 Å². The number of carbonyl (C=O) groups excluding carboxylic acids is 3. The Morgan fingerprint density at radius 2 is 1.19 bits per heavy atom. The van der Waals surface area contributed by atoms with Crippen molar-refractivity contribution in [3.05, 3.63) is 131 Å². The number of esters is 2. The smallest absolute Gasteiger partial charge is 0.384 e. The highest BCUT2D eigenvalue weighted by Crippen LogP contribution is 2.46. The van der Waals surface area contributed by atoms with Crippen LogP contribution < -0.4 is 9.47 Å². The summed E-state index contributed by atoms with van der Waals surface area (Å²) in [5, 5.41) is 1.30. The van der Waals surface area contributed by atoms with Crippen molar-refractivity contribution in [1.82, 2.24) is 0 Å². The van der Waals surface area contributed by atoms with E-state index in [4.69, 9.17) is 32.7 Å². The number of hydrogen-bond donors (Lipinski definition) is 0. The van der Waals surface area contributed by atoms with Crippen molar-refractivity contribution in [1.29, 1.82) is 0 Å². The largest absolute Gasteiger partial charge is 0.469 e. The van der Waals surface area contributed by atoms with Gasteiger partial charge in [0.2, 0.25) is 7.11 Å². The van der Waals surface area contributed by atoms with Gasteiger partial charge in [-0.2, -0.15) is 0 Å². The zero-order chi connectivity index (χ0) is 34.7. The maximum Gasteiger partial charge on any atom is 0.384 e. The first-order valence-corrected chi connectivity index (χ1v) is 16.0. The molecule has 0 heterocycles. The first-order valence-electron chi connectivity index (χ1n) is 13.5. The van der Waals surface area contributed by atoms with E-state index in [2.05, 4.69) is 25.6 Å². The van der Waals surface area contributed by atoms with E-state index in [1.165, 1.54) is 27.4 Å². The molecule has 0 aliphatic carbocycles. The minimum absolute atomic E-state index is 0.411. The summed E-state index contributed by atoms with van der Waals surface area (Å²) in [6.45, 7) is 0. The maximum atomic E-state index is 11.1. The highest BCUT2D eigenvalue weighted by atomic mass is 35.5. The van der Waals surface area contributed by atoms with E-state index in [0.29, 0.717) is 38.6 Å². The van der Waals surface area contributed by atoms with Crippen molar-refractivity contribution in [2.75, 3.05) is 27.5 Å². The van der Waals surface area contributed by atoms with Crippen molar-refractivity contribution in [2.24, 2.45) is 0 Å². The Hall–Kier alpha value is -4.57. The highest BCUT2D eigenvalue weighted by molar-refractivity contribution is 7.54. The molecule has 13 heteroatoms. The second-order valence-electron chi connectivity index (χ2n) is 8.82. The van der Waals surface area contributed by atoms with Gasteiger partial charge in [0.25, 0.3) is 0 Å². The molecule has 0 aliphatic rings. The molecule has 246 valence electrons.